The Balaban J connectivity index is 1.42. The van der Waals surface area contributed by atoms with Crippen molar-refractivity contribution in [2.75, 3.05) is 5.32 Å². The molecule has 196 valence electrons. The molecule has 2 aromatic carbocycles. The Kier molecular flexibility index (Phi) is 7.44. The molecule has 10 heteroatoms. The van der Waals surface area contributed by atoms with E-state index in [0.29, 0.717) is 32.7 Å². The van der Waals surface area contributed by atoms with Gasteiger partial charge in [-0.2, -0.15) is 9.78 Å². The molecule has 8 nitrogen and oxygen atoms in total. The number of aromatic nitrogens is 3. The predicted molar refractivity (Wildman–Crippen MR) is 148 cm³/mol. The van der Waals surface area contributed by atoms with Gasteiger partial charge in [0.1, 0.15) is 11.4 Å². The summed E-state index contributed by atoms with van der Waals surface area (Å²) >= 11 is 12.1. The Labute approximate surface area is 230 Å². The maximum absolute atomic E-state index is 13.3. The Morgan fingerprint density at radius 3 is 2.55 bits per heavy atom. The molecular weight excluding hydrogens is 525 g/mol. The first-order valence-corrected chi connectivity index (χ1v) is 13.1. The minimum atomic E-state index is -0.378. The highest BCUT2D eigenvalue weighted by atomic mass is 35.5. The highest BCUT2D eigenvalue weighted by Crippen LogP contribution is 2.38. The Hall–Kier alpha value is -3.75. The number of aryl methyl sites for hydroxylation is 1. The lowest BCUT2D eigenvalue weighted by molar-refractivity contribution is 0.101. The van der Waals surface area contributed by atoms with Crippen LogP contribution < -0.4 is 10.6 Å². The van der Waals surface area contributed by atoms with Gasteiger partial charge in [0, 0.05) is 37.0 Å². The van der Waals surface area contributed by atoms with Crippen molar-refractivity contribution in [3.05, 3.63) is 87.8 Å². The van der Waals surface area contributed by atoms with Crippen LogP contribution in [0.25, 0.3) is 11.3 Å². The number of phenols is 1. The molecule has 1 aliphatic carbocycles. The van der Waals surface area contributed by atoms with Crippen LogP contribution in [0.2, 0.25) is 10.0 Å². The van der Waals surface area contributed by atoms with E-state index in [0.717, 1.165) is 36.9 Å². The third kappa shape index (κ3) is 5.42. The number of rotatable bonds is 6. The number of hydrogen-bond donors (Lipinski definition) is 3. The molecule has 0 saturated heterocycles. The summed E-state index contributed by atoms with van der Waals surface area (Å²) in [6.07, 6.45) is 5.89. The average molecular weight is 552 g/mol. The zero-order chi connectivity index (χ0) is 26.8. The molecule has 3 N–H and O–H groups in total. The van der Waals surface area contributed by atoms with Crippen molar-refractivity contribution in [2.24, 2.45) is 7.05 Å². The molecule has 2 heterocycles. The van der Waals surface area contributed by atoms with Crippen molar-refractivity contribution in [3.63, 3.8) is 0 Å². The number of hydrogen-bond acceptors (Lipinski definition) is 4. The smallest absolute Gasteiger partial charge is 0.342 e. The average Bonchev–Trinajstić information content (AvgIpc) is 3.66. The van der Waals surface area contributed by atoms with Crippen LogP contribution in [0.1, 0.15) is 53.3 Å². The number of benzene rings is 2. The van der Waals surface area contributed by atoms with E-state index in [1.165, 1.54) is 10.7 Å². The number of amides is 2. The van der Waals surface area contributed by atoms with Gasteiger partial charge in [0.05, 0.1) is 21.4 Å². The second kappa shape index (κ2) is 10.9. The molecule has 0 atom stereocenters. The van der Waals surface area contributed by atoms with E-state index in [9.17, 15) is 14.7 Å². The fraction of sp³-hybridized carbons (Fsp3) is 0.250. The molecule has 1 saturated carbocycles. The van der Waals surface area contributed by atoms with E-state index >= 15 is 0 Å². The molecule has 2 aromatic heterocycles. The van der Waals surface area contributed by atoms with Gasteiger partial charge in [-0.1, -0.05) is 42.1 Å². The quantitative estimate of drug-likeness (QED) is 0.236. The maximum Gasteiger partial charge on any atom is 0.342 e. The topological polar surface area (TPSA) is 101 Å². The summed E-state index contributed by atoms with van der Waals surface area (Å²) in [4.78, 5) is 26.0. The molecule has 1 aliphatic rings. The van der Waals surface area contributed by atoms with E-state index in [-0.39, 0.29) is 30.2 Å². The molecule has 0 unspecified atom stereocenters. The third-order valence-electron chi connectivity index (χ3n) is 6.84. The van der Waals surface area contributed by atoms with Crippen LogP contribution in [0, 0.1) is 0 Å². The summed E-state index contributed by atoms with van der Waals surface area (Å²) in [5.41, 5.74) is 3.48. The molecule has 0 aliphatic heterocycles. The number of nitrogens with zero attached hydrogens (tertiary/aromatic N) is 3. The molecule has 0 spiro atoms. The van der Waals surface area contributed by atoms with Gasteiger partial charge in [-0.3, -0.25) is 4.79 Å². The predicted octanol–water partition coefficient (Wildman–Crippen LogP) is 6.57. The van der Waals surface area contributed by atoms with Gasteiger partial charge in [-0.05, 0) is 66.9 Å². The van der Waals surface area contributed by atoms with E-state index in [2.05, 4.69) is 15.7 Å². The zero-order valence-electron chi connectivity index (χ0n) is 20.7. The second-order valence-corrected chi connectivity index (χ2v) is 10.3. The van der Waals surface area contributed by atoms with Crippen molar-refractivity contribution in [2.45, 2.75) is 38.1 Å². The van der Waals surface area contributed by atoms with Crippen LogP contribution in [0.3, 0.4) is 0 Å². The Bertz CT molecular complexity index is 1500. The first-order chi connectivity index (χ1) is 18.3. The van der Waals surface area contributed by atoms with Gasteiger partial charge < -0.3 is 20.3 Å². The van der Waals surface area contributed by atoms with Crippen LogP contribution in [-0.2, 0) is 13.6 Å². The number of aromatic hydroxyl groups is 1. The highest BCUT2D eigenvalue weighted by molar-refractivity contribution is 6.42. The fourth-order valence-corrected chi connectivity index (χ4v) is 5.14. The summed E-state index contributed by atoms with van der Waals surface area (Å²) < 4.78 is 3.11. The molecule has 5 rings (SSSR count). The number of carbonyl (C=O) groups is 2. The van der Waals surface area contributed by atoms with Gasteiger partial charge in [-0.25, -0.2) is 4.79 Å². The highest BCUT2D eigenvalue weighted by Gasteiger charge is 2.26. The van der Waals surface area contributed by atoms with Gasteiger partial charge in [0.25, 0.3) is 5.91 Å². The van der Waals surface area contributed by atoms with Crippen LogP contribution in [0.5, 0.6) is 5.75 Å². The Morgan fingerprint density at radius 2 is 1.84 bits per heavy atom. The summed E-state index contributed by atoms with van der Waals surface area (Å²) in [6.45, 7) is 0.251. The molecule has 0 radical (unpaired) electrons. The molecule has 1 fully saturated rings. The van der Waals surface area contributed by atoms with Gasteiger partial charge in [0.15, 0.2) is 0 Å². The lowest BCUT2D eigenvalue weighted by Gasteiger charge is -2.12. The van der Waals surface area contributed by atoms with Crippen LogP contribution in [-0.4, -0.2) is 31.4 Å². The van der Waals surface area contributed by atoms with Crippen LogP contribution in [0.4, 0.5) is 10.5 Å². The number of nitrogens with one attached hydrogen (secondary N) is 2. The lowest BCUT2D eigenvalue weighted by atomic mass is 10.0. The molecule has 4 aromatic rings. The SMILES string of the molecule is Cn1cccc1C(=O)Nc1ccc(O)c(-c2cc(C3CCCC3)n(C(=O)NCc3ccc(Cl)c(Cl)c3)n2)c1. The first-order valence-electron chi connectivity index (χ1n) is 12.4. The minimum absolute atomic E-state index is 0.000650. The van der Waals surface area contributed by atoms with Crippen molar-refractivity contribution in [1.29, 1.82) is 0 Å². The lowest BCUT2D eigenvalue weighted by Crippen LogP contribution is -2.30. The van der Waals surface area contributed by atoms with Gasteiger partial charge in [-0.15, -0.1) is 0 Å². The maximum atomic E-state index is 13.3. The summed E-state index contributed by atoms with van der Waals surface area (Å²) in [7, 11) is 1.79. The van der Waals surface area contributed by atoms with Crippen molar-refractivity contribution in [3.8, 4) is 17.0 Å². The standard InChI is InChI=1S/C28H27Cl2N5O3/c1-34-12-4-7-24(34)27(37)32-19-9-11-26(36)20(14-19)23-15-25(18-5-2-3-6-18)35(33-23)28(38)31-16-17-8-10-21(29)22(30)13-17/h4,7-15,18,36H,2-3,5-6,16H2,1H3,(H,31,38)(H,32,37). The number of anilines is 1. The van der Waals surface area contributed by atoms with E-state index in [1.54, 1.807) is 60.3 Å². The Morgan fingerprint density at radius 1 is 1.05 bits per heavy atom. The molecule has 38 heavy (non-hydrogen) atoms. The number of phenolic OH excluding ortho intramolecular Hbond substituents is 1. The second-order valence-electron chi connectivity index (χ2n) is 9.45. The largest absolute Gasteiger partial charge is 0.507 e. The van der Waals surface area contributed by atoms with E-state index < -0.39 is 0 Å². The van der Waals surface area contributed by atoms with Crippen molar-refractivity contribution < 1.29 is 14.7 Å². The fourth-order valence-electron chi connectivity index (χ4n) is 4.82. The number of carbonyl (C=O) groups excluding carboxylic acids is 2. The summed E-state index contributed by atoms with van der Waals surface area (Å²) in [5.74, 6) is -0.0805. The van der Waals surface area contributed by atoms with Gasteiger partial charge >= 0.3 is 6.03 Å². The molecular formula is C28H27Cl2N5O3. The normalized spacial score (nSPS) is 13.6. The molecule has 0 bridgehead atoms. The summed E-state index contributed by atoms with van der Waals surface area (Å²) in [5, 5.41) is 21.9. The third-order valence-corrected chi connectivity index (χ3v) is 7.58. The number of halogens is 2. The van der Waals surface area contributed by atoms with Crippen LogP contribution in [0.15, 0.2) is 60.8 Å². The monoisotopic (exact) mass is 551 g/mol. The van der Waals surface area contributed by atoms with Crippen LogP contribution >= 0.6 is 23.2 Å². The molecule has 2 amide bonds. The van der Waals surface area contributed by atoms with Crippen molar-refractivity contribution in [1.82, 2.24) is 19.7 Å². The minimum Gasteiger partial charge on any atom is -0.507 e. The van der Waals surface area contributed by atoms with E-state index in [1.807, 2.05) is 6.07 Å². The van der Waals surface area contributed by atoms with Crippen molar-refractivity contribution >= 4 is 40.8 Å². The van der Waals surface area contributed by atoms with E-state index in [4.69, 9.17) is 23.2 Å². The first kappa shape index (κ1) is 25.9. The van der Waals surface area contributed by atoms with Gasteiger partial charge in [0.2, 0.25) is 0 Å². The zero-order valence-corrected chi connectivity index (χ0v) is 22.3. The summed E-state index contributed by atoms with van der Waals surface area (Å²) in [6, 6.07) is 15.0.